The molecule has 1 N–H and O–H groups in total. The molecule has 124 valence electrons. The van der Waals surface area contributed by atoms with E-state index in [1.54, 1.807) is 4.90 Å². The summed E-state index contributed by atoms with van der Waals surface area (Å²) in [6, 6.07) is 8.02. The van der Waals surface area contributed by atoms with Gasteiger partial charge in [-0.15, -0.1) is 12.4 Å². The first-order chi connectivity index (χ1) is 10.1. The highest BCUT2D eigenvalue weighted by atomic mass is 79.9. The van der Waals surface area contributed by atoms with Crippen LogP contribution in [0.25, 0.3) is 0 Å². The molecule has 0 aromatic heterocycles. The molecular formula is C15H22BrClN2O2S. The largest absolute Gasteiger partial charge is 0.492 e. The number of hydrogen-bond acceptors (Lipinski definition) is 4. The monoisotopic (exact) mass is 408 g/mol. The van der Waals surface area contributed by atoms with Crippen LogP contribution in [0.15, 0.2) is 28.7 Å². The molecule has 1 aromatic carbocycles. The third-order valence-corrected chi connectivity index (χ3v) is 5.01. The third kappa shape index (κ3) is 6.77. The van der Waals surface area contributed by atoms with E-state index in [4.69, 9.17) is 4.74 Å². The van der Waals surface area contributed by atoms with Crippen molar-refractivity contribution in [2.24, 2.45) is 0 Å². The van der Waals surface area contributed by atoms with Crippen molar-refractivity contribution >= 4 is 46.0 Å². The van der Waals surface area contributed by atoms with Crippen molar-refractivity contribution in [3.05, 3.63) is 28.7 Å². The van der Waals surface area contributed by atoms with Crippen LogP contribution >= 0.6 is 40.1 Å². The van der Waals surface area contributed by atoms with E-state index in [9.17, 15) is 4.79 Å². The molecule has 1 unspecified atom stereocenters. The molecule has 0 radical (unpaired) electrons. The molecular weight excluding hydrogens is 388 g/mol. The predicted octanol–water partition coefficient (Wildman–Crippen LogP) is 2.80. The van der Waals surface area contributed by atoms with Gasteiger partial charge < -0.3 is 15.0 Å². The number of benzene rings is 1. The van der Waals surface area contributed by atoms with Crippen molar-refractivity contribution < 1.29 is 9.53 Å². The van der Waals surface area contributed by atoms with E-state index in [-0.39, 0.29) is 18.3 Å². The normalized spacial score (nSPS) is 17.5. The molecule has 1 amide bonds. The predicted molar refractivity (Wildman–Crippen MR) is 98.3 cm³/mol. The molecule has 1 atom stereocenters. The molecule has 7 heteroatoms. The standard InChI is InChI=1S/C15H21BrN2O2S.ClH/c1-18(15(19)10-13-11-21-9-6-17-13)7-8-20-14-4-2-12(16)3-5-14;/h2-5,13,17H,6-11H2,1H3;1H. The van der Waals surface area contributed by atoms with E-state index in [0.717, 1.165) is 28.3 Å². The molecule has 1 heterocycles. The first-order valence-corrected chi connectivity index (χ1v) is 9.03. The van der Waals surface area contributed by atoms with Gasteiger partial charge in [-0.25, -0.2) is 0 Å². The Morgan fingerprint density at radius 1 is 1.45 bits per heavy atom. The number of amides is 1. The number of hydrogen-bond donors (Lipinski definition) is 1. The topological polar surface area (TPSA) is 41.6 Å². The number of halogens is 2. The molecule has 0 aliphatic carbocycles. The average molecular weight is 410 g/mol. The van der Waals surface area contributed by atoms with Gasteiger partial charge in [0.1, 0.15) is 12.4 Å². The first-order valence-electron chi connectivity index (χ1n) is 7.08. The van der Waals surface area contributed by atoms with Gasteiger partial charge in [-0.1, -0.05) is 15.9 Å². The molecule has 4 nitrogen and oxygen atoms in total. The summed E-state index contributed by atoms with van der Waals surface area (Å²) in [6.07, 6.45) is 0.571. The third-order valence-electron chi connectivity index (χ3n) is 3.35. The minimum absolute atomic E-state index is 0. The smallest absolute Gasteiger partial charge is 0.224 e. The number of thioether (sulfide) groups is 1. The van der Waals surface area contributed by atoms with Crippen molar-refractivity contribution in [1.29, 1.82) is 0 Å². The van der Waals surface area contributed by atoms with Gasteiger partial charge in [0.2, 0.25) is 5.91 Å². The second-order valence-electron chi connectivity index (χ2n) is 5.05. The van der Waals surface area contributed by atoms with Crippen LogP contribution < -0.4 is 10.1 Å². The summed E-state index contributed by atoms with van der Waals surface area (Å²) < 4.78 is 6.67. The Kier molecular flexibility index (Phi) is 9.24. The maximum Gasteiger partial charge on any atom is 0.224 e. The van der Waals surface area contributed by atoms with Crippen LogP contribution in [0.2, 0.25) is 0 Å². The van der Waals surface area contributed by atoms with E-state index in [0.29, 0.717) is 25.6 Å². The highest BCUT2D eigenvalue weighted by Crippen LogP contribution is 2.16. The molecule has 1 aliphatic rings. The minimum atomic E-state index is 0. The summed E-state index contributed by atoms with van der Waals surface area (Å²) in [6.45, 7) is 2.12. The highest BCUT2D eigenvalue weighted by Gasteiger charge is 2.18. The molecule has 1 aliphatic heterocycles. The highest BCUT2D eigenvalue weighted by molar-refractivity contribution is 9.10. The lowest BCUT2D eigenvalue weighted by molar-refractivity contribution is -0.130. The number of carbonyl (C=O) groups is 1. The molecule has 0 saturated carbocycles. The molecule has 1 aromatic rings. The van der Waals surface area contributed by atoms with Gasteiger partial charge in [-0.05, 0) is 24.3 Å². The van der Waals surface area contributed by atoms with Crippen LogP contribution in [-0.4, -0.2) is 55.1 Å². The lowest BCUT2D eigenvalue weighted by Gasteiger charge is -2.25. The zero-order valence-electron chi connectivity index (χ0n) is 12.6. The van der Waals surface area contributed by atoms with Crippen LogP contribution in [0.1, 0.15) is 6.42 Å². The van der Waals surface area contributed by atoms with Crippen molar-refractivity contribution in [3.63, 3.8) is 0 Å². The van der Waals surface area contributed by atoms with Crippen LogP contribution in [0.5, 0.6) is 5.75 Å². The maximum absolute atomic E-state index is 12.1. The Hall–Kier alpha value is -0.430. The van der Waals surface area contributed by atoms with Gasteiger partial charge in [-0.3, -0.25) is 4.79 Å². The SMILES string of the molecule is CN(CCOc1ccc(Br)cc1)C(=O)CC1CSCCN1.Cl. The fraction of sp³-hybridized carbons (Fsp3) is 0.533. The van der Waals surface area contributed by atoms with Gasteiger partial charge in [-0.2, -0.15) is 11.8 Å². The van der Waals surface area contributed by atoms with Gasteiger partial charge in [0.25, 0.3) is 0 Å². The minimum Gasteiger partial charge on any atom is -0.492 e. The number of likely N-dealkylation sites (N-methyl/N-ethyl adjacent to an activating group) is 1. The second kappa shape index (κ2) is 10.4. The summed E-state index contributed by atoms with van der Waals surface area (Å²) in [7, 11) is 1.84. The average Bonchev–Trinajstić information content (AvgIpc) is 2.50. The fourth-order valence-corrected chi connectivity index (χ4v) is 3.29. The molecule has 22 heavy (non-hydrogen) atoms. The Bertz CT molecular complexity index is 455. The molecule has 1 saturated heterocycles. The van der Waals surface area contributed by atoms with Crippen LogP contribution in [0.4, 0.5) is 0 Å². The summed E-state index contributed by atoms with van der Waals surface area (Å²) in [5.41, 5.74) is 0. The Morgan fingerprint density at radius 3 is 2.82 bits per heavy atom. The molecule has 0 spiro atoms. The molecule has 0 bridgehead atoms. The van der Waals surface area contributed by atoms with Gasteiger partial charge in [0.05, 0.1) is 6.54 Å². The van der Waals surface area contributed by atoms with Gasteiger partial charge >= 0.3 is 0 Å². The zero-order chi connectivity index (χ0) is 15.1. The summed E-state index contributed by atoms with van der Waals surface area (Å²) >= 11 is 5.30. The van der Waals surface area contributed by atoms with E-state index >= 15 is 0 Å². The van der Waals surface area contributed by atoms with E-state index in [1.165, 1.54) is 0 Å². The number of nitrogens with zero attached hydrogens (tertiary/aromatic N) is 1. The maximum atomic E-state index is 12.1. The lowest BCUT2D eigenvalue weighted by Crippen LogP contribution is -2.42. The fourth-order valence-electron chi connectivity index (χ4n) is 2.07. The first kappa shape index (κ1) is 19.6. The van der Waals surface area contributed by atoms with Gasteiger partial charge in [0, 0.05) is 42.0 Å². The van der Waals surface area contributed by atoms with E-state index < -0.39 is 0 Å². The van der Waals surface area contributed by atoms with Crippen molar-refractivity contribution in [2.45, 2.75) is 12.5 Å². The van der Waals surface area contributed by atoms with Gasteiger partial charge in [0.15, 0.2) is 0 Å². The van der Waals surface area contributed by atoms with Crippen molar-refractivity contribution in [1.82, 2.24) is 10.2 Å². The molecule has 2 rings (SSSR count). The number of ether oxygens (including phenoxy) is 1. The number of rotatable bonds is 6. The summed E-state index contributed by atoms with van der Waals surface area (Å²) in [5, 5.41) is 3.39. The van der Waals surface area contributed by atoms with Crippen molar-refractivity contribution in [3.8, 4) is 5.75 Å². The molecule has 1 fully saturated rings. The van der Waals surface area contributed by atoms with Crippen LogP contribution in [-0.2, 0) is 4.79 Å². The Labute approximate surface area is 150 Å². The Balaban J connectivity index is 0.00000242. The Morgan fingerprint density at radius 2 is 2.18 bits per heavy atom. The number of carbonyl (C=O) groups excluding carboxylic acids is 1. The van der Waals surface area contributed by atoms with Crippen molar-refractivity contribution in [2.75, 3.05) is 38.2 Å². The van der Waals surface area contributed by atoms with E-state index in [2.05, 4.69) is 21.2 Å². The van der Waals surface area contributed by atoms with E-state index in [1.807, 2.05) is 43.1 Å². The summed E-state index contributed by atoms with van der Waals surface area (Å²) in [5.74, 6) is 3.16. The zero-order valence-corrected chi connectivity index (χ0v) is 15.8. The lowest BCUT2D eigenvalue weighted by atomic mass is 10.2. The second-order valence-corrected chi connectivity index (χ2v) is 7.11. The van der Waals surface area contributed by atoms with Crippen LogP contribution in [0.3, 0.4) is 0 Å². The van der Waals surface area contributed by atoms with Crippen LogP contribution in [0, 0.1) is 0 Å². The number of nitrogens with one attached hydrogen (secondary N) is 1. The quantitative estimate of drug-likeness (QED) is 0.784. The summed E-state index contributed by atoms with van der Waals surface area (Å²) in [4.78, 5) is 13.9.